The molecule has 7 heteroatoms. The number of hydrogen-bond acceptors (Lipinski definition) is 5. The van der Waals surface area contributed by atoms with Gasteiger partial charge in [0.15, 0.2) is 5.78 Å². The zero-order chi connectivity index (χ0) is 22.8. The van der Waals surface area contributed by atoms with E-state index in [9.17, 15) is 14.4 Å². The van der Waals surface area contributed by atoms with Gasteiger partial charge in [-0.1, -0.05) is 26.7 Å². The maximum Gasteiger partial charge on any atom is 0.237 e. The maximum atomic E-state index is 12.5. The Bertz CT molecular complexity index is 483. The molecule has 4 N–H and O–H groups in total. The molecule has 0 radical (unpaired) electrons. The van der Waals surface area contributed by atoms with Crippen molar-refractivity contribution in [2.24, 2.45) is 5.92 Å². The van der Waals surface area contributed by atoms with Crippen LogP contribution < -0.4 is 21.3 Å². The van der Waals surface area contributed by atoms with Gasteiger partial charge in [0, 0.05) is 13.0 Å². The van der Waals surface area contributed by atoms with E-state index in [4.69, 9.17) is 0 Å². The zero-order valence-electron chi connectivity index (χ0n) is 19.9. The van der Waals surface area contributed by atoms with E-state index >= 15 is 0 Å². The average Bonchev–Trinajstić information content (AvgIpc) is 2.69. The fourth-order valence-corrected chi connectivity index (χ4v) is 3.33. The van der Waals surface area contributed by atoms with Crippen molar-refractivity contribution in [3.63, 3.8) is 0 Å². The number of carbonyl (C=O) groups is 3. The standard InChI is InChI=1S/C23H46N4O3/c1-18(2)12-6-7-15-22(29)26-17-11-9-14-21(25-5)23(30)27-20(19(3)28)13-8-10-16-24-4/h18,20-21,24-25H,6-17H2,1-5H3,(H,26,29)(H,27,30). The van der Waals surface area contributed by atoms with Gasteiger partial charge in [-0.2, -0.15) is 0 Å². The van der Waals surface area contributed by atoms with Gasteiger partial charge in [-0.3, -0.25) is 14.4 Å². The number of likely N-dealkylation sites (N-methyl/N-ethyl adjacent to an activating group) is 1. The van der Waals surface area contributed by atoms with Crippen molar-refractivity contribution in [1.29, 1.82) is 0 Å². The molecule has 0 spiro atoms. The van der Waals surface area contributed by atoms with Gasteiger partial charge in [0.1, 0.15) is 0 Å². The number of Topliss-reactive ketones (excluding diaryl/α,β-unsaturated/α-hetero) is 1. The Morgan fingerprint density at radius 1 is 0.767 bits per heavy atom. The number of nitrogens with one attached hydrogen (secondary N) is 4. The maximum absolute atomic E-state index is 12.5. The van der Waals surface area contributed by atoms with E-state index in [1.807, 2.05) is 7.05 Å². The largest absolute Gasteiger partial charge is 0.356 e. The normalized spacial score (nSPS) is 13.1. The van der Waals surface area contributed by atoms with Gasteiger partial charge in [0.2, 0.25) is 11.8 Å². The Labute approximate surface area is 183 Å². The third-order valence-corrected chi connectivity index (χ3v) is 5.32. The Kier molecular flexibility index (Phi) is 17.4. The molecule has 0 aromatic rings. The molecule has 176 valence electrons. The second kappa shape index (κ2) is 18.3. The molecular formula is C23H46N4O3. The summed E-state index contributed by atoms with van der Waals surface area (Å²) in [7, 11) is 3.67. The topological polar surface area (TPSA) is 99.3 Å². The molecule has 7 nitrogen and oxygen atoms in total. The second-order valence-corrected chi connectivity index (χ2v) is 8.60. The zero-order valence-corrected chi connectivity index (χ0v) is 19.9. The Balaban J connectivity index is 4.07. The van der Waals surface area contributed by atoms with Crippen LogP contribution in [0.3, 0.4) is 0 Å². The Hall–Kier alpha value is -1.47. The molecule has 0 heterocycles. The summed E-state index contributed by atoms with van der Waals surface area (Å²) >= 11 is 0. The van der Waals surface area contributed by atoms with Gasteiger partial charge < -0.3 is 21.3 Å². The molecule has 2 unspecified atom stereocenters. The average molecular weight is 427 g/mol. The summed E-state index contributed by atoms with van der Waals surface area (Å²) in [5, 5.41) is 12.0. The molecular weight excluding hydrogens is 380 g/mol. The first-order chi connectivity index (χ1) is 14.3. The van der Waals surface area contributed by atoms with Gasteiger partial charge in [-0.05, 0) is 78.4 Å². The van der Waals surface area contributed by atoms with Crippen molar-refractivity contribution in [1.82, 2.24) is 21.3 Å². The molecule has 0 aromatic carbocycles. The summed E-state index contributed by atoms with van der Waals surface area (Å²) in [6.45, 7) is 7.48. The van der Waals surface area contributed by atoms with Crippen LogP contribution in [0.15, 0.2) is 0 Å². The van der Waals surface area contributed by atoms with E-state index in [0.717, 1.165) is 45.1 Å². The highest BCUT2D eigenvalue weighted by atomic mass is 16.2. The molecule has 30 heavy (non-hydrogen) atoms. The number of rotatable bonds is 19. The van der Waals surface area contributed by atoms with E-state index in [1.165, 1.54) is 13.3 Å². The van der Waals surface area contributed by atoms with Crippen LogP contribution in [0, 0.1) is 5.92 Å². The molecule has 0 aliphatic heterocycles. The van der Waals surface area contributed by atoms with E-state index in [2.05, 4.69) is 35.1 Å². The lowest BCUT2D eigenvalue weighted by atomic mass is 10.0. The van der Waals surface area contributed by atoms with Crippen LogP contribution in [0.2, 0.25) is 0 Å². The van der Waals surface area contributed by atoms with Gasteiger partial charge in [0.05, 0.1) is 12.1 Å². The molecule has 0 saturated carbocycles. The van der Waals surface area contributed by atoms with Crippen LogP contribution in [0.25, 0.3) is 0 Å². The van der Waals surface area contributed by atoms with E-state index in [-0.39, 0.29) is 23.6 Å². The number of ketones is 1. The van der Waals surface area contributed by atoms with Crippen molar-refractivity contribution in [2.75, 3.05) is 27.2 Å². The number of unbranched alkanes of at least 4 members (excludes halogenated alkanes) is 3. The molecule has 0 rings (SSSR count). The van der Waals surface area contributed by atoms with Crippen molar-refractivity contribution in [3.8, 4) is 0 Å². The predicted molar refractivity (Wildman–Crippen MR) is 123 cm³/mol. The van der Waals surface area contributed by atoms with E-state index in [0.29, 0.717) is 31.7 Å². The van der Waals surface area contributed by atoms with Crippen LogP contribution in [-0.2, 0) is 14.4 Å². The smallest absolute Gasteiger partial charge is 0.237 e. The highest BCUT2D eigenvalue weighted by Gasteiger charge is 2.22. The van der Waals surface area contributed by atoms with Crippen LogP contribution in [0.4, 0.5) is 0 Å². The summed E-state index contributed by atoms with van der Waals surface area (Å²) in [6, 6.07) is -0.740. The van der Waals surface area contributed by atoms with Crippen molar-refractivity contribution < 1.29 is 14.4 Å². The third kappa shape index (κ3) is 15.4. The lowest BCUT2D eigenvalue weighted by molar-refractivity contribution is -0.128. The number of hydrogen-bond donors (Lipinski definition) is 4. The van der Waals surface area contributed by atoms with Crippen molar-refractivity contribution in [3.05, 3.63) is 0 Å². The molecule has 0 saturated heterocycles. The molecule has 0 fully saturated rings. The first-order valence-electron chi connectivity index (χ1n) is 11.7. The summed E-state index contributed by atoms with van der Waals surface area (Å²) in [4.78, 5) is 36.2. The van der Waals surface area contributed by atoms with Gasteiger partial charge in [-0.15, -0.1) is 0 Å². The van der Waals surface area contributed by atoms with Gasteiger partial charge in [-0.25, -0.2) is 0 Å². The first kappa shape index (κ1) is 28.5. The lowest BCUT2D eigenvalue weighted by Gasteiger charge is -2.21. The SMILES string of the molecule is CNCCCCC(NC(=O)C(CCCCNC(=O)CCCCC(C)C)NC)C(C)=O. The quantitative estimate of drug-likeness (QED) is 0.238. The fourth-order valence-electron chi connectivity index (χ4n) is 3.33. The summed E-state index contributed by atoms with van der Waals surface area (Å²) in [5.41, 5.74) is 0. The van der Waals surface area contributed by atoms with Crippen LogP contribution >= 0.6 is 0 Å². The molecule has 0 bridgehead atoms. The Morgan fingerprint density at radius 2 is 1.37 bits per heavy atom. The molecule has 0 aromatic heterocycles. The lowest BCUT2D eigenvalue weighted by Crippen LogP contribution is -2.49. The number of amides is 2. The second-order valence-electron chi connectivity index (χ2n) is 8.60. The third-order valence-electron chi connectivity index (χ3n) is 5.32. The Morgan fingerprint density at radius 3 is 1.93 bits per heavy atom. The van der Waals surface area contributed by atoms with Gasteiger partial charge in [0.25, 0.3) is 0 Å². The van der Waals surface area contributed by atoms with Gasteiger partial charge >= 0.3 is 0 Å². The van der Waals surface area contributed by atoms with Crippen LogP contribution in [0.1, 0.15) is 85.0 Å². The first-order valence-corrected chi connectivity index (χ1v) is 11.7. The minimum Gasteiger partial charge on any atom is -0.356 e. The summed E-state index contributed by atoms with van der Waals surface area (Å²) in [5.74, 6) is 0.679. The summed E-state index contributed by atoms with van der Waals surface area (Å²) < 4.78 is 0. The molecule has 0 aliphatic rings. The van der Waals surface area contributed by atoms with Crippen molar-refractivity contribution >= 4 is 17.6 Å². The van der Waals surface area contributed by atoms with Crippen molar-refractivity contribution in [2.45, 2.75) is 97.1 Å². The van der Waals surface area contributed by atoms with E-state index in [1.54, 1.807) is 7.05 Å². The monoisotopic (exact) mass is 426 g/mol. The van der Waals surface area contributed by atoms with Crippen LogP contribution in [-0.4, -0.2) is 56.9 Å². The minimum absolute atomic E-state index is 0.00114. The summed E-state index contributed by atoms with van der Waals surface area (Å²) in [6.07, 6.45) is 8.69. The molecule has 2 atom stereocenters. The fraction of sp³-hybridized carbons (Fsp3) is 0.870. The van der Waals surface area contributed by atoms with E-state index < -0.39 is 6.04 Å². The molecule has 0 aliphatic carbocycles. The highest BCUT2D eigenvalue weighted by molar-refractivity contribution is 5.89. The van der Waals surface area contributed by atoms with Crippen LogP contribution in [0.5, 0.6) is 0 Å². The minimum atomic E-state index is -0.416. The highest BCUT2D eigenvalue weighted by Crippen LogP contribution is 2.08. The predicted octanol–water partition coefficient (Wildman–Crippen LogP) is 2.54. The molecule has 2 amide bonds. The number of carbonyl (C=O) groups excluding carboxylic acids is 3.